The summed E-state index contributed by atoms with van der Waals surface area (Å²) in [5.74, 6) is 1.50. The zero-order valence-corrected chi connectivity index (χ0v) is 11.7. The molecule has 17 heavy (non-hydrogen) atoms. The predicted molar refractivity (Wildman–Crippen MR) is 76.5 cm³/mol. The third-order valence-electron chi connectivity index (χ3n) is 2.72. The molecule has 0 bridgehead atoms. The third-order valence-corrected chi connectivity index (χ3v) is 3.76. The number of aromatic nitrogens is 2. The van der Waals surface area contributed by atoms with Gasteiger partial charge in [-0.25, -0.2) is 9.97 Å². The van der Waals surface area contributed by atoms with E-state index in [0.717, 1.165) is 37.2 Å². The molecule has 0 radical (unpaired) electrons. The van der Waals surface area contributed by atoms with Gasteiger partial charge in [-0.1, -0.05) is 20.3 Å². The Morgan fingerprint density at radius 2 is 2.24 bits per heavy atom. The van der Waals surface area contributed by atoms with Gasteiger partial charge in [0.25, 0.3) is 0 Å². The average molecular weight is 254 g/mol. The lowest BCUT2D eigenvalue weighted by Crippen LogP contribution is -2.12. The fourth-order valence-electron chi connectivity index (χ4n) is 1.59. The van der Waals surface area contributed by atoms with Gasteiger partial charge in [-0.3, -0.25) is 0 Å². The molecule has 1 unspecified atom stereocenters. The van der Waals surface area contributed by atoms with Crippen molar-refractivity contribution in [2.45, 2.75) is 38.4 Å². The van der Waals surface area contributed by atoms with Gasteiger partial charge in [-0.05, 0) is 19.1 Å². The van der Waals surface area contributed by atoms with Crippen molar-refractivity contribution in [3.8, 4) is 0 Å². The molecule has 0 aliphatic carbocycles. The zero-order chi connectivity index (χ0) is 12.7. The van der Waals surface area contributed by atoms with Gasteiger partial charge >= 0.3 is 0 Å². The van der Waals surface area contributed by atoms with Gasteiger partial charge in [0.15, 0.2) is 0 Å². The smallest absolute Gasteiger partial charge is 0.134 e. The maximum absolute atomic E-state index is 5.87. The summed E-state index contributed by atoms with van der Waals surface area (Å²) < 4.78 is 0. The van der Waals surface area contributed by atoms with E-state index >= 15 is 0 Å². The standard InChI is InChI=1S/C12H22N4S/c1-4-5-10-11(13)15-8-16-12(10)14-7-6-9(2)17-3/h8-9H,4-7H2,1-3H3,(H3,13,14,15,16). The van der Waals surface area contributed by atoms with Crippen molar-refractivity contribution in [1.82, 2.24) is 9.97 Å². The number of nitrogens with one attached hydrogen (secondary N) is 1. The van der Waals surface area contributed by atoms with Gasteiger partial charge in [0.05, 0.1) is 0 Å². The van der Waals surface area contributed by atoms with E-state index in [0.29, 0.717) is 11.1 Å². The maximum Gasteiger partial charge on any atom is 0.134 e. The average Bonchev–Trinajstić information content (AvgIpc) is 2.33. The van der Waals surface area contributed by atoms with Gasteiger partial charge < -0.3 is 11.1 Å². The second-order valence-corrected chi connectivity index (χ2v) is 5.37. The molecule has 0 aliphatic rings. The van der Waals surface area contributed by atoms with Crippen LogP contribution < -0.4 is 11.1 Å². The minimum atomic E-state index is 0.599. The third kappa shape index (κ3) is 4.42. The van der Waals surface area contributed by atoms with E-state index < -0.39 is 0 Å². The molecule has 0 aliphatic heterocycles. The van der Waals surface area contributed by atoms with Crippen LogP contribution in [0.1, 0.15) is 32.3 Å². The predicted octanol–water partition coefficient (Wildman–Crippen LogP) is 2.56. The first-order chi connectivity index (χ1) is 8.19. The number of nitrogens with zero attached hydrogens (tertiary/aromatic N) is 2. The Kier molecular flexibility index (Phi) is 6.11. The number of nitrogen functional groups attached to an aromatic ring is 1. The first-order valence-electron chi connectivity index (χ1n) is 6.05. The Morgan fingerprint density at radius 1 is 1.47 bits per heavy atom. The number of thioether (sulfide) groups is 1. The van der Waals surface area contributed by atoms with Crippen LogP contribution in [-0.4, -0.2) is 28.0 Å². The molecular formula is C12H22N4S. The highest BCUT2D eigenvalue weighted by molar-refractivity contribution is 7.99. The van der Waals surface area contributed by atoms with E-state index in [1.165, 1.54) is 6.33 Å². The van der Waals surface area contributed by atoms with E-state index in [9.17, 15) is 0 Å². The van der Waals surface area contributed by atoms with Crippen molar-refractivity contribution >= 4 is 23.4 Å². The van der Waals surface area contributed by atoms with Crippen LogP contribution in [0, 0.1) is 0 Å². The monoisotopic (exact) mass is 254 g/mol. The SMILES string of the molecule is CCCc1c(N)ncnc1NCCC(C)SC. The van der Waals surface area contributed by atoms with Crippen LogP contribution in [0.4, 0.5) is 11.6 Å². The quantitative estimate of drug-likeness (QED) is 0.783. The molecule has 1 aromatic rings. The fourth-order valence-corrected chi connectivity index (χ4v) is 1.94. The summed E-state index contributed by atoms with van der Waals surface area (Å²) in [6.45, 7) is 5.29. The summed E-state index contributed by atoms with van der Waals surface area (Å²) in [7, 11) is 0. The Morgan fingerprint density at radius 3 is 2.88 bits per heavy atom. The molecule has 4 nitrogen and oxygen atoms in total. The molecule has 1 atom stereocenters. The van der Waals surface area contributed by atoms with Crippen molar-refractivity contribution in [2.24, 2.45) is 0 Å². The highest BCUT2D eigenvalue weighted by Crippen LogP contribution is 2.19. The van der Waals surface area contributed by atoms with E-state index in [4.69, 9.17) is 5.73 Å². The van der Waals surface area contributed by atoms with Gasteiger partial charge in [-0.2, -0.15) is 11.8 Å². The summed E-state index contributed by atoms with van der Waals surface area (Å²) in [5, 5.41) is 4.02. The lowest BCUT2D eigenvalue weighted by atomic mass is 10.1. The molecule has 0 saturated heterocycles. The first-order valence-corrected chi connectivity index (χ1v) is 7.33. The topological polar surface area (TPSA) is 63.8 Å². The number of nitrogens with two attached hydrogens (primary N) is 1. The maximum atomic E-state index is 5.87. The molecule has 1 aromatic heterocycles. The number of hydrogen-bond donors (Lipinski definition) is 2. The first kappa shape index (κ1) is 14.1. The minimum Gasteiger partial charge on any atom is -0.383 e. The normalized spacial score (nSPS) is 12.4. The number of hydrogen-bond acceptors (Lipinski definition) is 5. The lowest BCUT2D eigenvalue weighted by Gasteiger charge is -2.13. The van der Waals surface area contributed by atoms with Crippen LogP contribution in [0.15, 0.2) is 6.33 Å². The van der Waals surface area contributed by atoms with Crippen LogP contribution in [0.3, 0.4) is 0 Å². The largest absolute Gasteiger partial charge is 0.383 e. The molecule has 96 valence electrons. The highest BCUT2D eigenvalue weighted by atomic mass is 32.2. The minimum absolute atomic E-state index is 0.599. The van der Waals surface area contributed by atoms with Crippen LogP contribution >= 0.6 is 11.8 Å². The lowest BCUT2D eigenvalue weighted by molar-refractivity contribution is 0.840. The molecule has 0 fully saturated rings. The van der Waals surface area contributed by atoms with E-state index in [2.05, 4.69) is 35.4 Å². The number of anilines is 2. The van der Waals surface area contributed by atoms with Crippen molar-refractivity contribution in [2.75, 3.05) is 23.9 Å². The second kappa shape index (κ2) is 7.37. The molecule has 1 heterocycles. The van der Waals surface area contributed by atoms with E-state index in [1.807, 2.05) is 11.8 Å². The summed E-state index contributed by atoms with van der Waals surface area (Å²) in [5.41, 5.74) is 6.92. The van der Waals surface area contributed by atoms with Gasteiger partial charge in [0, 0.05) is 17.4 Å². The Labute approximate surface area is 108 Å². The summed E-state index contributed by atoms with van der Waals surface area (Å²) in [6.07, 6.45) is 6.75. The molecule has 0 saturated carbocycles. The molecule has 5 heteroatoms. The summed E-state index contributed by atoms with van der Waals surface area (Å²) >= 11 is 1.88. The van der Waals surface area contributed by atoms with Gasteiger partial charge in [0.1, 0.15) is 18.0 Å². The second-order valence-electron chi connectivity index (χ2n) is 4.10. The molecule has 1 rings (SSSR count). The van der Waals surface area contributed by atoms with Crippen molar-refractivity contribution in [3.63, 3.8) is 0 Å². The summed E-state index contributed by atoms with van der Waals surface area (Å²) in [6, 6.07) is 0. The Hall–Kier alpha value is -0.970. The molecule has 3 N–H and O–H groups in total. The van der Waals surface area contributed by atoms with Gasteiger partial charge in [0.2, 0.25) is 0 Å². The van der Waals surface area contributed by atoms with Crippen LogP contribution in [0.2, 0.25) is 0 Å². The fraction of sp³-hybridized carbons (Fsp3) is 0.667. The Bertz CT molecular complexity index is 343. The summed E-state index contributed by atoms with van der Waals surface area (Å²) in [4.78, 5) is 8.31. The van der Waals surface area contributed by atoms with Crippen LogP contribution in [0.25, 0.3) is 0 Å². The van der Waals surface area contributed by atoms with Crippen molar-refractivity contribution < 1.29 is 0 Å². The molecule has 0 aromatic carbocycles. The van der Waals surface area contributed by atoms with E-state index in [1.54, 1.807) is 0 Å². The number of rotatable bonds is 7. The van der Waals surface area contributed by atoms with Gasteiger partial charge in [-0.15, -0.1) is 0 Å². The van der Waals surface area contributed by atoms with E-state index in [-0.39, 0.29) is 0 Å². The molecular weight excluding hydrogens is 232 g/mol. The Balaban J connectivity index is 2.60. The van der Waals surface area contributed by atoms with Crippen LogP contribution in [-0.2, 0) is 6.42 Å². The molecule has 0 spiro atoms. The van der Waals surface area contributed by atoms with Crippen molar-refractivity contribution in [3.05, 3.63) is 11.9 Å². The van der Waals surface area contributed by atoms with Crippen LogP contribution in [0.5, 0.6) is 0 Å². The molecule has 0 amide bonds. The highest BCUT2D eigenvalue weighted by Gasteiger charge is 2.08. The van der Waals surface area contributed by atoms with Crippen molar-refractivity contribution in [1.29, 1.82) is 0 Å². The zero-order valence-electron chi connectivity index (χ0n) is 10.9.